The fourth-order valence-electron chi connectivity index (χ4n) is 3.70. The molecule has 34 heavy (non-hydrogen) atoms. The van der Waals surface area contributed by atoms with Gasteiger partial charge in [0.1, 0.15) is 6.26 Å². The number of benzene rings is 2. The molecule has 2 heterocycles. The van der Waals surface area contributed by atoms with Gasteiger partial charge in [-0.2, -0.15) is 5.10 Å². The van der Waals surface area contributed by atoms with Gasteiger partial charge in [-0.05, 0) is 50.6 Å². The second kappa shape index (κ2) is 11.8. The Morgan fingerprint density at radius 1 is 1.03 bits per heavy atom. The number of guanidine groups is 1. The molecule has 0 fully saturated rings. The van der Waals surface area contributed by atoms with E-state index in [2.05, 4.69) is 69.9 Å². The highest BCUT2D eigenvalue weighted by atomic mass is 127. The molecule has 0 aliphatic rings. The first-order valence-corrected chi connectivity index (χ1v) is 11.1. The van der Waals surface area contributed by atoms with Gasteiger partial charge in [0.15, 0.2) is 5.96 Å². The number of oxazole rings is 1. The molecule has 4 rings (SSSR count). The second-order valence-electron chi connectivity index (χ2n) is 8.08. The molecule has 0 saturated heterocycles. The Morgan fingerprint density at radius 2 is 1.79 bits per heavy atom. The van der Waals surface area contributed by atoms with Gasteiger partial charge in [-0.1, -0.05) is 35.9 Å². The summed E-state index contributed by atoms with van der Waals surface area (Å²) in [6, 6.07) is 18.5. The van der Waals surface area contributed by atoms with Crippen LogP contribution in [0, 0.1) is 20.8 Å². The molecule has 0 atom stereocenters. The molecule has 2 aromatic carbocycles. The molecule has 7 nitrogen and oxygen atoms in total. The zero-order valence-electron chi connectivity index (χ0n) is 20.0. The number of para-hydroxylation sites is 1. The van der Waals surface area contributed by atoms with Gasteiger partial charge in [-0.15, -0.1) is 24.0 Å². The Labute approximate surface area is 217 Å². The lowest BCUT2D eigenvalue weighted by Crippen LogP contribution is -2.38. The number of hydrogen-bond donors (Lipinski definition) is 2. The van der Waals surface area contributed by atoms with Crippen LogP contribution in [0.15, 0.2) is 70.3 Å². The van der Waals surface area contributed by atoms with Crippen LogP contribution in [-0.2, 0) is 13.0 Å². The van der Waals surface area contributed by atoms with E-state index in [1.807, 2.05) is 35.9 Å². The lowest BCUT2D eigenvalue weighted by atomic mass is 10.1. The highest BCUT2D eigenvalue weighted by Gasteiger charge is 2.10. The van der Waals surface area contributed by atoms with E-state index in [1.54, 1.807) is 13.3 Å². The third-order valence-corrected chi connectivity index (χ3v) is 5.42. The van der Waals surface area contributed by atoms with Crippen LogP contribution in [-0.4, -0.2) is 34.3 Å². The van der Waals surface area contributed by atoms with Crippen molar-refractivity contribution in [2.75, 3.05) is 13.6 Å². The highest BCUT2D eigenvalue weighted by molar-refractivity contribution is 14.0. The Kier molecular flexibility index (Phi) is 8.86. The van der Waals surface area contributed by atoms with E-state index in [-0.39, 0.29) is 24.0 Å². The van der Waals surface area contributed by atoms with Gasteiger partial charge in [0.25, 0.3) is 0 Å². The van der Waals surface area contributed by atoms with Crippen LogP contribution in [0.2, 0.25) is 0 Å². The van der Waals surface area contributed by atoms with Gasteiger partial charge >= 0.3 is 0 Å². The minimum atomic E-state index is 0. The smallest absolute Gasteiger partial charge is 0.226 e. The highest BCUT2D eigenvalue weighted by Crippen LogP contribution is 2.19. The van der Waals surface area contributed by atoms with Gasteiger partial charge in [-0.25, -0.2) is 9.67 Å². The van der Waals surface area contributed by atoms with E-state index in [4.69, 9.17) is 4.42 Å². The normalized spacial score (nSPS) is 11.2. The molecule has 178 valence electrons. The van der Waals surface area contributed by atoms with Crippen LogP contribution < -0.4 is 10.6 Å². The number of hydrogen-bond acceptors (Lipinski definition) is 4. The number of rotatable bonds is 7. The van der Waals surface area contributed by atoms with Gasteiger partial charge < -0.3 is 15.1 Å². The van der Waals surface area contributed by atoms with Gasteiger partial charge in [0.2, 0.25) is 5.89 Å². The minimum Gasteiger partial charge on any atom is -0.444 e. The average Bonchev–Trinajstić information content (AvgIpc) is 3.42. The predicted molar refractivity (Wildman–Crippen MR) is 147 cm³/mol. The van der Waals surface area contributed by atoms with Gasteiger partial charge in [-0.3, -0.25) is 4.99 Å². The minimum absolute atomic E-state index is 0. The van der Waals surface area contributed by atoms with Crippen molar-refractivity contribution in [3.05, 3.63) is 89.1 Å². The van der Waals surface area contributed by atoms with Crippen LogP contribution in [0.1, 0.15) is 28.2 Å². The number of nitrogens with zero attached hydrogens (tertiary/aromatic N) is 4. The number of aliphatic imine (C=N–C) groups is 1. The van der Waals surface area contributed by atoms with Gasteiger partial charge in [0, 0.05) is 37.8 Å². The van der Waals surface area contributed by atoms with Crippen molar-refractivity contribution in [2.24, 2.45) is 4.99 Å². The van der Waals surface area contributed by atoms with Gasteiger partial charge in [0.05, 0.1) is 17.1 Å². The molecule has 0 amide bonds. The first-order valence-electron chi connectivity index (χ1n) is 11.1. The third kappa shape index (κ3) is 6.25. The summed E-state index contributed by atoms with van der Waals surface area (Å²) in [5, 5.41) is 11.4. The molecule has 0 saturated carbocycles. The molecule has 0 radical (unpaired) electrons. The average molecular weight is 570 g/mol. The van der Waals surface area contributed by atoms with Crippen LogP contribution in [0.4, 0.5) is 0 Å². The summed E-state index contributed by atoms with van der Waals surface area (Å²) in [4.78, 5) is 8.95. The third-order valence-electron chi connectivity index (χ3n) is 5.42. The van der Waals surface area contributed by atoms with Crippen LogP contribution in [0.25, 0.3) is 17.1 Å². The molecule has 4 aromatic rings. The van der Waals surface area contributed by atoms with E-state index in [0.717, 1.165) is 46.3 Å². The number of halogens is 1. The molecular formula is C26H31IN6O. The SMILES string of the molecule is CN=C(NCCc1coc(-c2ccc(C)cc2)n1)NCc1ccccc1-n1nc(C)cc1C.I. The maximum absolute atomic E-state index is 5.65. The second-order valence-corrected chi connectivity index (χ2v) is 8.08. The summed E-state index contributed by atoms with van der Waals surface area (Å²) in [6.45, 7) is 7.47. The molecule has 0 aliphatic carbocycles. The maximum Gasteiger partial charge on any atom is 0.226 e. The summed E-state index contributed by atoms with van der Waals surface area (Å²) >= 11 is 0. The maximum atomic E-state index is 5.65. The molecule has 8 heteroatoms. The van der Waals surface area contributed by atoms with Crippen LogP contribution >= 0.6 is 24.0 Å². The Hall–Kier alpha value is -3.14. The lowest BCUT2D eigenvalue weighted by molar-refractivity contribution is 0.572. The zero-order valence-corrected chi connectivity index (χ0v) is 22.3. The van der Waals surface area contributed by atoms with Crippen molar-refractivity contribution < 1.29 is 4.42 Å². The van der Waals surface area contributed by atoms with E-state index in [9.17, 15) is 0 Å². The Balaban J connectivity index is 0.00000324. The molecule has 0 bridgehead atoms. The largest absolute Gasteiger partial charge is 0.444 e. The van der Waals surface area contributed by atoms with E-state index in [1.165, 1.54) is 5.56 Å². The van der Waals surface area contributed by atoms with Crippen molar-refractivity contribution in [3.63, 3.8) is 0 Å². The number of nitrogens with one attached hydrogen (secondary N) is 2. The molecule has 2 N–H and O–H groups in total. The quantitative estimate of drug-likeness (QED) is 0.186. The molecule has 0 unspecified atom stereocenters. The van der Waals surface area contributed by atoms with Crippen LogP contribution in [0.3, 0.4) is 0 Å². The van der Waals surface area contributed by atoms with Crippen molar-refractivity contribution in [3.8, 4) is 17.1 Å². The lowest BCUT2D eigenvalue weighted by Gasteiger charge is -2.15. The van der Waals surface area contributed by atoms with E-state index >= 15 is 0 Å². The molecule has 2 aromatic heterocycles. The monoisotopic (exact) mass is 570 g/mol. The number of aromatic nitrogens is 3. The predicted octanol–water partition coefficient (Wildman–Crippen LogP) is 4.98. The van der Waals surface area contributed by atoms with E-state index in [0.29, 0.717) is 19.0 Å². The summed E-state index contributed by atoms with van der Waals surface area (Å²) in [5.74, 6) is 1.38. The Morgan fingerprint density at radius 3 is 2.50 bits per heavy atom. The van der Waals surface area contributed by atoms with Crippen molar-refractivity contribution >= 4 is 29.9 Å². The first-order chi connectivity index (χ1) is 16.0. The summed E-state index contributed by atoms with van der Waals surface area (Å²) in [5.41, 5.74) is 7.43. The number of aryl methyl sites for hydroxylation is 3. The van der Waals surface area contributed by atoms with Crippen molar-refractivity contribution in [1.82, 2.24) is 25.4 Å². The first kappa shape index (κ1) is 25.5. The van der Waals surface area contributed by atoms with E-state index < -0.39 is 0 Å². The van der Waals surface area contributed by atoms with Crippen molar-refractivity contribution in [2.45, 2.75) is 33.7 Å². The zero-order chi connectivity index (χ0) is 23.2. The summed E-state index contributed by atoms with van der Waals surface area (Å²) in [6.07, 6.45) is 2.45. The van der Waals surface area contributed by atoms with Crippen LogP contribution in [0.5, 0.6) is 0 Å². The topological polar surface area (TPSA) is 80.3 Å². The Bertz CT molecular complexity index is 1240. The standard InChI is InChI=1S/C26H30N6O.HI/c1-18-9-11-21(12-10-18)25-30-23(17-33-25)13-14-28-26(27-4)29-16-22-7-5-6-8-24(22)32-20(3)15-19(2)31-32;/h5-12,15,17H,13-14,16H2,1-4H3,(H2,27,28,29);1H. The summed E-state index contributed by atoms with van der Waals surface area (Å²) < 4.78 is 7.64. The summed E-state index contributed by atoms with van der Waals surface area (Å²) in [7, 11) is 1.77. The molecule has 0 spiro atoms. The van der Waals surface area contributed by atoms with Crippen molar-refractivity contribution in [1.29, 1.82) is 0 Å². The fourth-order valence-corrected chi connectivity index (χ4v) is 3.70. The molecular weight excluding hydrogens is 539 g/mol. The fraction of sp³-hybridized carbons (Fsp3) is 0.269. The molecule has 0 aliphatic heterocycles.